The molecule has 0 radical (unpaired) electrons. The van der Waals surface area contributed by atoms with Crippen molar-refractivity contribution in [3.8, 4) is 5.69 Å². The van der Waals surface area contributed by atoms with Gasteiger partial charge in [0.1, 0.15) is 11.4 Å². The molecule has 1 saturated carbocycles. The predicted octanol–water partition coefficient (Wildman–Crippen LogP) is 4.47. The first kappa shape index (κ1) is 23.3. The van der Waals surface area contributed by atoms with Crippen LogP contribution in [0.25, 0.3) is 16.6 Å². The highest BCUT2D eigenvalue weighted by Gasteiger charge is 2.40. The highest BCUT2D eigenvalue weighted by atomic mass is 19.1. The number of hydrogen-bond donors (Lipinski definition) is 1. The molecule has 8 nitrogen and oxygen atoms in total. The second kappa shape index (κ2) is 8.50. The number of hydrogen-bond acceptors (Lipinski definition) is 5. The lowest BCUT2D eigenvalue weighted by molar-refractivity contribution is 0.102. The van der Waals surface area contributed by atoms with Crippen LogP contribution in [-0.2, 0) is 5.54 Å². The summed E-state index contributed by atoms with van der Waals surface area (Å²) in [5, 5.41) is 12.7. The van der Waals surface area contributed by atoms with Crippen LogP contribution in [0.2, 0.25) is 0 Å². The van der Waals surface area contributed by atoms with E-state index in [1.54, 1.807) is 0 Å². The van der Waals surface area contributed by atoms with Gasteiger partial charge in [-0.15, -0.1) is 0 Å². The summed E-state index contributed by atoms with van der Waals surface area (Å²) >= 11 is 0. The summed E-state index contributed by atoms with van der Waals surface area (Å²) in [4.78, 5) is 27.9. The Labute approximate surface area is 211 Å². The van der Waals surface area contributed by atoms with E-state index in [4.69, 9.17) is 5.10 Å². The minimum absolute atomic E-state index is 0.0254. The Morgan fingerprint density at radius 2 is 1.81 bits per heavy atom. The number of benzene rings is 2. The van der Waals surface area contributed by atoms with E-state index in [0.717, 1.165) is 67.1 Å². The molecule has 190 valence electrons. The Balaban J connectivity index is 1.40. The monoisotopic (exact) mass is 504 g/mol. The van der Waals surface area contributed by atoms with Crippen molar-refractivity contribution in [2.24, 2.45) is 5.92 Å². The minimum Gasteiger partial charge on any atom is -0.369 e. The number of fused-ring (bicyclic) bond motifs is 1. The largest absolute Gasteiger partial charge is 0.369 e. The smallest absolute Gasteiger partial charge is 0.276 e. The van der Waals surface area contributed by atoms with Crippen molar-refractivity contribution in [2.75, 3.05) is 23.3 Å². The number of para-hydroxylation sites is 1. The van der Waals surface area contributed by atoms with Crippen molar-refractivity contribution in [1.29, 1.82) is 0 Å². The average Bonchev–Trinajstić information content (AvgIpc) is 3.24. The standard InChI is InChI=1S/C27H26F2N6O2/c1-16-10-13-33(14-16)24-17-15-34(27(2)11-12-27)31-20(17)6-7-21(24)30-26(37)22-8-9-23(36)35(32-22)25-18(28)4-3-5-19(25)29/h3-9,15-16H,10-14H2,1-2H3,(H,30,37)/t16-/m1/s1. The van der Waals surface area contributed by atoms with Gasteiger partial charge >= 0.3 is 0 Å². The molecule has 2 aliphatic rings. The van der Waals surface area contributed by atoms with Gasteiger partial charge < -0.3 is 10.2 Å². The highest BCUT2D eigenvalue weighted by molar-refractivity contribution is 6.08. The quantitative estimate of drug-likeness (QED) is 0.434. The lowest BCUT2D eigenvalue weighted by Gasteiger charge is -2.23. The van der Waals surface area contributed by atoms with Crippen LogP contribution in [-0.4, -0.2) is 38.6 Å². The molecule has 37 heavy (non-hydrogen) atoms. The molecule has 1 aliphatic heterocycles. The molecule has 3 heterocycles. The number of amides is 1. The topological polar surface area (TPSA) is 85.1 Å². The van der Waals surface area contributed by atoms with Crippen LogP contribution in [0.5, 0.6) is 0 Å². The third-order valence-corrected chi connectivity index (χ3v) is 7.36. The van der Waals surface area contributed by atoms with Crippen LogP contribution < -0.4 is 15.8 Å². The molecule has 2 fully saturated rings. The Morgan fingerprint density at radius 1 is 1.05 bits per heavy atom. The van der Waals surface area contributed by atoms with E-state index in [-0.39, 0.29) is 11.2 Å². The van der Waals surface area contributed by atoms with Gasteiger partial charge in [-0.2, -0.15) is 14.9 Å². The third-order valence-electron chi connectivity index (χ3n) is 7.36. The van der Waals surface area contributed by atoms with E-state index < -0.39 is 28.8 Å². The van der Waals surface area contributed by atoms with Gasteiger partial charge in [-0.1, -0.05) is 13.0 Å². The molecule has 2 aromatic heterocycles. The fourth-order valence-corrected chi connectivity index (χ4v) is 4.92. The van der Waals surface area contributed by atoms with Gasteiger partial charge in [-0.25, -0.2) is 8.78 Å². The molecule has 0 unspecified atom stereocenters. The van der Waals surface area contributed by atoms with Gasteiger partial charge in [-0.3, -0.25) is 14.3 Å². The second-order valence-corrected chi connectivity index (χ2v) is 10.3. The summed E-state index contributed by atoms with van der Waals surface area (Å²) in [5.74, 6) is -2.00. The maximum atomic E-state index is 14.3. The fourth-order valence-electron chi connectivity index (χ4n) is 4.92. The summed E-state index contributed by atoms with van der Waals surface area (Å²) < 4.78 is 31.3. The number of aromatic nitrogens is 4. The van der Waals surface area contributed by atoms with Gasteiger partial charge in [0.05, 0.1) is 22.4 Å². The van der Waals surface area contributed by atoms with Gasteiger partial charge in [0.25, 0.3) is 11.5 Å². The van der Waals surface area contributed by atoms with E-state index >= 15 is 0 Å². The lowest BCUT2D eigenvalue weighted by Crippen LogP contribution is -2.27. The molecule has 0 bridgehead atoms. The first-order chi connectivity index (χ1) is 17.7. The summed E-state index contributed by atoms with van der Waals surface area (Å²) in [6.07, 6.45) is 5.24. The minimum atomic E-state index is -0.954. The van der Waals surface area contributed by atoms with E-state index in [1.807, 2.05) is 16.8 Å². The Bertz CT molecular complexity index is 1590. The molecule has 10 heteroatoms. The molecule has 4 aromatic rings. The number of anilines is 2. The average molecular weight is 505 g/mol. The number of rotatable bonds is 5. The zero-order chi connectivity index (χ0) is 25.9. The second-order valence-electron chi connectivity index (χ2n) is 10.3. The summed E-state index contributed by atoms with van der Waals surface area (Å²) in [5.41, 5.74) is 0.818. The molecule has 1 atom stereocenters. The van der Waals surface area contributed by atoms with E-state index in [0.29, 0.717) is 16.3 Å². The van der Waals surface area contributed by atoms with Crippen molar-refractivity contribution in [3.05, 3.63) is 76.3 Å². The molecule has 6 rings (SSSR count). The first-order valence-electron chi connectivity index (χ1n) is 12.4. The van der Waals surface area contributed by atoms with Crippen molar-refractivity contribution < 1.29 is 13.6 Å². The van der Waals surface area contributed by atoms with Crippen LogP contribution in [0.3, 0.4) is 0 Å². The molecule has 1 N–H and O–H groups in total. The van der Waals surface area contributed by atoms with E-state index in [1.165, 1.54) is 12.1 Å². The van der Waals surface area contributed by atoms with Gasteiger partial charge in [0.15, 0.2) is 11.6 Å². The number of halogens is 2. The van der Waals surface area contributed by atoms with Gasteiger partial charge in [-0.05, 0) is 62.4 Å². The summed E-state index contributed by atoms with van der Waals surface area (Å²) in [6.45, 7) is 6.07. The number of nitrogens with zero attached hydrogens (tertiary/aromatic N) is 5. The van der Waals surface area contributed by atoms with Crippen molar-refractivity contribution in [1.82, 2.24) is 19.6 Å². The predicted molar refractivity (Wildman–Crippen MR) is 136 cm³/mol. The molecular formula is C27H26F2N6O2. The maximum absolute atomic E-state index is 14.3. The zero-order valence-electron chi connectivity index (χ0n) is 20.5. The third kappa shape index (κ3) is 4.06. The molecule has 1 saturated heterocycles. The molecule has 0 spiro atoms. The molecule has 1 amide bonds. The van der Waals surface area contributed by atoms with Crippen molar-refractivity contribution >= 4 is 28.2 Å². The molecule has 1 aliphatic carbocycles. The summed E-state index contributed by atoms with van der Waals surface area (Å²) in [6, 6.07) is 9.25. The highest BCUT2D eigenvalue weighted by Crippen LogP contribution is 2.45. The SMILES string of the molecule is C[C@@H]1CCN(c2c(NC(=O)c3ccc(=O)n(-c4c(F)cccc4F)n3)ccc3nn(C4(C)CC4)cc23)C1. The summed E-state index contributed by atoms with van der Waals surface area (Å²) in [7, 11) is 0. The van der Waals surface area contributed by atoms with E-state index in [9.17, 15) is 18.4 Å². The number of nitrogens with one attached hydrogen (secondary N) is 1. The van der Waals surface area contributed by atoms with Crippen molar-refractivity contribution in [3.63, 3.8) is 0 Å². The van der Waals surface area contributed by atoms with Crippen molar-refractivity contribution in [2.45, 2.75) is 38.6 Å². The molecule has 2 aromatic carbocycles. The lowest BCUT2D eigenvalue weighted by atomic mass is 10.1. The van der Waals surface area contributed by atoms with Crippen LogP contribution in [0.15, 0.2) is 53.5 Å². The molecular weight excluding hydrogens is 478 g/mol. The van der Waals surface area contributed by atoms with Crippen LogP contribution in [0.1, 0.15) is 43.6 Å². The normalized spacial score (nSPS) is 18.4. The fraction of sp³-hybridized carbons (Fsp3) is 0.333. The first-order valence-corrected chi connectivity index (χ1v) is 12.4. The van der Waals surface area contributed by atoms with Gasteiger partial charge in [0.2, 0.25) is 0 Å². The van der Waals surface area contributed by atoms with Crippen LogP contribution in [0.4, 0.5) is 20.2 Å². The van der Waals surface area contributed by atoms with E-state index in [2.05, 4.69) is 35.4 Å². The Hall–Kier alpha value is -4.08. The number of carbonyl (C=O) groups is 1. The number of carbonyl (C=O) groups excluding carboxylic acids is 1. The van der Waals surface area contributed by atoms with Crippen LogP contribution >= 0.6 is 0 Å². The Kier molecular flexibility index (Phi) is 5.36. The zero-order valence-corrected chi connectivity index (χ0v) is 20.5. The maximum Gasteiger partial charge on any atom is 0.276 e. The Morgan fingerprint density at radius 3 is 2.49 bits per heavy atom. The van der Waals surface area contributed by atoms with Gasteiger partial charge in [0, 0.05) is 30.7 Å². The van der Waals surface area contributed by atoms with Crippen LogP contribution in [0, 0.1) is 17.6 Å².